The number of hydrogen-bond donors (Lipinski definition) is 0. The summed E-state index contributed by atoms with van der Waals surface area (Å²) in [6.45, 7) is 3.49. The SMILES string of the molecule is Cn1cccc1CN1CCC[C@H](Cc2nccn2C)C1. The zero-order valence-electron chi connectivity index (χ0n) is 12.5. The van der Waals surface area contributed by atoms with Crippen LogP contribution in [-0.2, 0) is 27.1 Å². The van der Waals surface area contributed by atoms with Crippen LogP contribution in [0.1, 0.15) is 24.4 Å². The quantitative estimate of drug-likeness (QED) is 0.853. The van der Waals surface area contributed by atoms with Crippen LogP contribution in [-0.4, -0.2) is 32.1 Å². The monoisotopic (exact) mass is 272 g/mol. The lowest BCUT2D eigenvalue weighted by molar-refractivity contribution is 0.162. The van der Waals surface area contributed by atoms with Crippen molar-refractivity contribution in [1.82, 2.24) is 19.0 Å². The first kappa shape index (κ1) is 13.4. The Bertz CT molecular complexity index is 506. The van der Waals surface area contributed by atoms with Crippen molar-refractivity contribution in [3.05, 3.63) is 42.2 Å². The van der Waals surface area contributed by atoms with E-state index >= 15 is 0 Å². The Morgan fingerprint density at radius 3 is 2.85 bits per heavy atom. The average molecular weight is 272 g/mol. The summed E-state index contributed by atoms with van der Waals surface area (Å²) < 4.78 is 4.37. The predicted molar refractivity (Wildman–Crippen MR) is 80.3 cm³/mol. The van der Waals surface area contributed by atoms with E-state index in [4.69, 9.17) is 0 Å². The first-order valence-corrected chi connectivity index (χ1v) is 7.51. The number of imidazole rings is 1. The van der Waals surface area contributed by atoms with Gasteiger partial charge in [0.15, 0.2) is 0 Å². The topological polar surface area (TPSA) is 26.0 Å². The summed E-state index contributed by atoms with van der Waals surface area (Å²) in [5, 5.41) is 0. The Morgan fingerprint density at radius 2 is 2.15 bits per heavy atom. The standard InChI is InChI=1S/C16H24N4/c1-18-8-4-6-15(18)13-20-9-3-5-14(12-20)11-16-17-7-10-19(16)2/h4,6-8,10,14H,3,5,9,11-13H2,1-2H3/t14-/m1/s1. The zero-order chi connectivity index (χ0) is 13.9. The van der Waals surface area contributed by atoms with E-state index < -0.39 is 0 Å². The number of aromatic nitrogens is 3. The van der Waals surface area contributed by atoms with Crippen molar-refractivity contribution < 1.29 is 0 Å². The minimum Gasteiger partial charge on any atom is -0.353 e. The second kappa shape index (κ2) is 5.83. The van der Waals surface area contributed by atoms with E-state index in [0.29, 0.717) is 0 Å². The smallest absolute Gasteiger partial charge is 0.108 e. The fourth-order valence-electron chi connectivity index (χ4n) is 3.20. The summed E-state index contributed by atoms with van der Waals surface area (Å²) in [6, 6.07) is 4.35. The fraction of sp³-hybridized carbons (Fsp3) is 0.562. The van der Waals surface area contributed by atoms with E-state index in [1.165, 1.54) is 37.4 Å². The van der Waals surface area contributed by atoms with Crippen molar-refractivity contribution in [2.45, 2.75) is 25.8 Å². The van der Waals surface area contributed by atoms with Crippen LogP contribution in [0.4, 0.5) is 0 Å². The largest absolute Gasteiger partial charge is 0.353 e. The molecule has 1 aliphatic heterocycles. The second-order valence-electron chi connectivity index (χ2n) is 6.01. The molecule has 0 amide bonds. The third-order valence-electron chi connectivity index (χ3n) is 4.43. The van der Waals surface area contributed by atoms with Gasteiger partial charge in [-0.3, -0.25) is 4.90 Å². The maximum absolute atomic E-state index is 4.47. The van der Waals surface area contributed by atoms with Crippen molar-refractivity contribution in [2.24, 2.45) is 20.0 Å². The molecule has 3 rings (SSSR count). The molecule has 0 unspecified atom stereocenters. The molecule has 20 heavy (non-hydrogen) atoms. The number of nitrogens with zero attached hydrogens (tertiary/aromatic N) is 4. The van der Waals surface area contributed by atoms with Crippen LogP contribution in [0.2, 0.25) is 0 Å². The van der Waals surface area contributed by atoms with E-state index in [1.54, 1.807) is 0 Å². The molecule has 0 aromatic carbocycles. The third kappa shape index (κ3) is 2.96. The molecule has 2 aromatic rings. The van der Waals surface area contributed by atoms with E-state index in [2.05, 4.69) is 51.4 Å². The summed E-state index contributed by atoms with van der Waals surface area (Å²) in [6.07, 6.45) is 9.81. The van der Waals surface area contributed by atoms with Gasteiger partial charge in [-0.25, -0.2) is 4.98 Å². The van der Waals surface area contributed by atoms with Gasteiger partial charge in [-0.2, -0.15) is 0 Å². The average Bonchev–Trinajstić information content (AvgIpc) is 3.01. The third-order valence-corrected chi connectivity index (χ3v) is 4.43. The Balaban J connectivity index is 1.59. The van der Waals surface area contributed by atoms with Crippen LogP contribution in [0.25, 0.3) is 0 Å². The number of piperidine rings is 1. The van der Waals surface area contributed by atoms with Crippen LogP contribution < -0.4 is 0 Å². The van der Waals surface area contributed by atoms with E-state index in [1.807, 2.05) is 12.4 Å². The Hall–Kier alpha value is -1.55. The number of rotatable bonds is 4. The highest BCUT2D eigenvalue weighted by molar-refractivity contribution is 5.06. The first-order valence-electron chi connectivity index (χ1n) is 7.51. The molecule has 1 fully saturated rings. The molecule has 3 heterocycles. The zero-order valence-corrected chi connectivity index (χ0v) is 12.5. The van der Waals surface area contributed by atoms with E-state index in [9.17, 15) is 0 Å². The molecule has 0 bridgehead atoms. The predicted octanol–water partition coefficient (Wildman–Crippen LogP) is 2.21. The van der Waals surface area contributed by atoms with Crippen molar-refractivity contribution in [3.63, 3.8) is 0 Å². The summed E-state index contributed by atoms with van der Waals surface area (Å²) in [7, 11) is 4.22. The molecule has 2 aromatic heterocycles. The molecular formula is C16H24N4. The first-order chi connectivity index (χ1) is 9.72. The maximum atomic E-state index is 4.47. The van der Waals surface area contributed by atoms with Crippen LogP contribution in [0.15, 0.2) is 30.7 Å². The van der Waals surface area contributed by atoms with E-state index in [-0.39, 0.29) is 0 Å². The summed E-state index contributed by atoms with van der Waals surface area (Å²) in [5.41, 5.74) is 1.41. The lowest BCUT2D eigenvalue weighted by Crippen LogP contribution is -2.36. The van der Waals surface area contributed by atoms with Crippen molar-refractivity contribution in [3.8, 4) is 0 Å². The molecule has 1 aliphatic rings. The molecule has 0 aliphatic carbocycles. The molecule has 1 atom stereocenters. The van der Waals surface area contributed by atoms with Gasteiger partial charge in [0.1, 0.15) is 5.82 Å². The van der Waals surface area contributed by atoms with Crippen LogP contribution in [0.3, 0.4) is 0 Å². The summed E-state index contributed by atoms with van der Waals surface area (Å²) in [5.74, 6) is 1.96. The molecule has 0 saturated carbocycles. The van der Waals surface area contributed by atoms with Gasteiger partial charge in [-0.05, 0) is 37.4 Å². The van der Waals surface area contributed by atoms with Gasteiger partial charge < -0.3 is 9.13 Å². The van der Waals surface area contributed by atoms with Gasteiger partial charge in [0.25, 0.3) is 0 Å². The highest BCUT2D eigenvalue weighted by Gasteiger charge is 2.21. The highest BCUT2D eigenvalue weighted by atomic mass is 15.1. The van der Waals surface area contributed by atoms with Crippen LogP contribution in [0, 0.1) is 5.92 Å². The Kier molecular flexibility index (Phi) is 3.92. The number of hydrogen-bond acceptors (Lipinski definition) is 2. The molecule has 0 N–H and O–H groups in total. The minimum absolute atomic E-state index is 0.741. The number of likely N-dealkylation sites (tertiary alicyclic amines) is 1. The molecule has 4 heteroatoms. The van der Waals surface area contributed by atoms with Crippen LogP contribution >= 0.6 is 0 Å². The van der Waals surface area contributed by atoms with Gasteiger partial charge in [0.2, 0.25) is 0 Å². The van der Waals surface area contributed by atoms with Gasteiger partial charge in [0.05, 0.1) is 0 Å². The highest BCUT2D eigenvalue weighted by Crippen LogP contribution is 2.21. The molecule has 0 spiro atoms. The maximum Gasteiger partial charge on any atom is 0.108 e. The summed E-state index contributed by atoms with van der Waals surface area (Å²) >= 11 is 0. The molecule has 4 nitrogen and oxygen atoms in total. The second-order valence-corrected chi connectivity index (χ2v) is 6.01. The van der Waals surface area contributed by atoms with Crippen molar-refractivity contribution in [1.29, 1.82) is 0 Å². The molecule has 108 valence electrons. The lowest BCUT2D eigenvalue weighted by atomic mass is 9.94. The fourth-order valence-corrected chi connectivity index (χ4v) is 3.20. The number of aryl methyl sites for hydroxylation is 2. The van der Waals surface area contributed by atoms with Gasteiger partial charge in [0, 0.05) is 57.9 Å². The van der Waals surface area contributed by atoms with Gasteiger partial charge in [-0.1, -0.05) is 0 Å². The summed E-state index contributed by atoms with van der Waals surface area (Å²) in [4.78, 5) is 7.05. The van der Waals surface area contributed by atoms with Gasteiger partial charge >= 0.3 is 0 Å². The molecule has 1 saturated heterocycles. The lowest BCUT2D eigenvalue weighted by Gasteiger charge is -2.32. The van der Waals surface area contributed by atoms with E-state index in [0.717, 1.165) is 18.9 Å². The molecular weight excluding hydrogens is 248 g/mol. The Labute approximate surface area is 121 Å². The normalized spacial score (nSPS) is 20.4. The van der Waals surface area contributed by atoms with Crippen LogP contribution in [0.5, 0.6) is 0 Å². The Morgan fingerprint density at radius 1 is 1.25 bits per heavy atom. The van der Waals surface area contributed by atoms with Crippen molar-refractivity contribution in [2.75, 3.05) is 13.1 Å². The molecule has 0 radical (unpaired) electrons. The minimum atomic E-state index is 0.741. The van der Waals surface area contributed by atoms with Crippen molar-refractivity contribution >= 4 is 0 Å². The van der Waals surface area contributed by atoms with Gasteiger partial charge in [-0.15, -0.1) is 0 Å².